The third-order valence-electron chi connectivity index (χ3n) is 3.84. The van der Waals surface area contributed by atoms with Gasteiger partial charge in [0.1, 0.15) is 0 Å². The van der Waals surface area contributed by atoms with Crippen LogP contribution in [0.25, 0.3) is 10.8 Å². The van der Waals surface area contributed by atoms with E-state index in [4.69, 9.17) is 0 Å². The molecule has 2 N–H and O–H groups in total. The van der Waals surface area contributed by atoms with Crippen LogP contribution in [-0.2, 0) is 4.79 Å². The van der Waals surface area contributed by atoms with Crippen molar-refractivity contribution in [2.45, 2.75) is 12.8 Å². The summed E-state index contributed by atoms with van der Waals surface area (Å²) in [5, 5.41) is 8.57. The fraction of sp³-hybridized carbons (Fsp3) is 0.312. The van der Waals surface area contributed by atoms with Crippen LogP contribution >= 0.6 is 15.9 Å². The van der Waals surface area contributed by atoms with Crippen LogP contribution in [0.1, 0.15) is 12.8 Å². The number of fused-ring (bicyclic) bond motifs is 1. The summed E-state index contributed by atoms with van der Waals surface area (Å²) >= 11 is 3.55. The molecule has 4 heteroatoms. The number of halogens is 1. The zero-order chi connectivity index (χ0) is 13.9. The van der Waals surface area contributed by atoms with Crippen LogP contribution in [0, 0.1) is 5.92 Å². The van der Waals surface area contributed by atoms with Crippen LogP contribution in [0.2, 0.25) is 0 Å². The van der Waals surface area contributed by atoms with Crippen molar-refractivity contribution in [3.8, 4) is 0 Å². The SMILES string of the molecule is O=C(Nc1ccc(Br)c2ccccc12)C1CCNCC1. The third kappa shape index (κ3) is 2.72. The van der Waals surface area contributed by atoms with Crippen molar-refractivity contribution in [1.82, 2.24) is 5.32 Å². The van der Waals surface area contributed by atoms with Crippen LogP contribution in [-0.4, -0.2) is 19.0 Å². The average Bonchev–Trinajstić information content (AvgIpc) is 2.51. The maximum Gasteiger partial charge on any atom is 0.227 e. The zero-order valence-electron chi connectivity index (χ0n) is 11.2. The van der Waals surface area contributed by atoms with Crippen LogP contribution in [0.5, 0.6) is 0 Å². The minimum atomic E-state index is 0.124. The summed E-state index contributed by atoms with van der Waals surface area (Å²) in [5.41, 5.74) is 0.896. The lowest BCUT2D eigenvalue weighted by molar-refractivity contribution is -0.120. The van der Waals surface area contributed by atoms with E-state index in [-0.39, 0.29) is 11.8 Å². The van der Waals surface area contributed by atoms with Crippen molar-refractivity contribution in [2.75, 3.05) is 18.4 Å². The first-order valence-corrected chi connectivity index (χ1v) is 7.74. The summed E-state index contributed by atoms with van der Waals surface area (Å²) in [6.07, 6.45) is 1.83. The van der Waals surface area contributed by atoms with Crippen LogP contribution in [0.4, 0.5) is 5.69 Å². The number of hydrogen-bond donors (Lipinski definition) is 2. The summed E-state index contributed by atoms with van der Waals surface area (Å²) in [4.78, 5) is 12.3. The molecule has 1 aliphatic rings. The molecule has 3 nitrogen and oxygen atoms in total. The van der Waals surface area contributed by atoms with Crippen molar-refractivity contribution in [1.29, 1.82) is 0 Å². The summed E-state index contributed by atoms with van der Waals surface area (Å²) in [6, 6.07) is 12.0. The Morgan fingerprint density at radius 1 is 1.10 bits per heavy atom. The van der Waals surface area contributed by atoms with Crippen LogP contribution in [0.15, 0.2) is 40.9 Å². The molecule has 0 spiro atoms. The molecule has 0 aliphatic carbocycles. The Hall–Kier alpha value is -1.39. The van der Waals surface area contributed by atoms with E-state index in [1.807, 2.05) is 30.3 Å². The highest BCUT2D eigenvalue weighted by molar-refractivity contribution is 9.10. The molecule has 1 aliphatic heterocycles. The van der Waals surface area contributed by atoms with Crippen molar-refractivity contribution in [3.05, 3.63) is 40.9 Å². The summed E-state index contributed by atoms with van der Waals surface area (Å²) in [6.45, 7) is 1.86. The van der Waals surface area contributed by atoms with Crippen molar-refractivity contribution in [3.63, 3.8) is 0 Å². The lowest BCUT2D eigenvalue weighted by atomic mass is 9.97. The average molecular weight is 333 g/mol. The lowest BCUT2D eigenvalue weighted by Crippen LogP contribution is -2.34. The zero-order valence-corrected chi connectivity index (χ0v) is 12.7. The molecule has 104 valence electrons. The van der Waals surface area contributed by atoms with E-state index in [2.05, 4.69) is 32.6 Å². The number of anilines is 1. The van der Waals surface area contributed by atoms with Gasteiger partial charge in [-0.1, -0.05) is 40.2 Å². The van der Waals surface area contributed by atoms with E-state index in [9.17, 15) is 4.79 Å². The molecular weight excluding hydrogens is 316 g/mol. The Morgan fingerprint density at radius 2 is 1.80 bits per heavy atom. The number of benzene rings is 2. The van der Waals surface area contributed by atoms with Gasteiger partial charge in [-0.25, -0.2) is 0 Å². The van der Waals surface area contributed by atoms with Crippen molar-refractivity contribution in [2.24, 2.45) is 5.92 Å². The molecule has 3 rings (SSSR count). The van der Waals surface area contributed by atoms with Gasteiger partial charge in [0.25, 0.3) is 0 Å². The molecule has 20 heavy (non-hydrogen) atoms. The lowest BCUT2D eigenvalue weighted by Gasteiger charge is -2.22. The van der Waals surface area contributed by atoms with Gasteiger partial charge in [0.2, 0.25) is 5.91 Å². The maximum atomic E-state index is 12.3. The molecule has 1 fully saturated rings. The van der Waals surface area contributed by atoms with Gasteiger partial charge < -0.3 is 10.6 Å². The van der Waals surface area contributed by atoms with Gasteiger partial charge >= 0.3 is 0 Å². The Bertz CT molecular complexity index is 635. The summed E-state index contributed by atoms with van der Waals surface area (Å²) in [7, 11) is 0. The number of rotatable bonds is 2. The van der Waals surface area contributed by atoms with E-state index in [1.165, 1.54) is 0 Å². The first kappa shape index (κ1) is 13.6. The normalized spacial score (nSPS) is 16.2. The molecule has 1 amide bonds. The van der Waals surface area contributed by atoms with Gasteiger partial charge in [0, 0.05) is 21.5 Å². The Labute approximate surface area is 126 Å². The second-order valence-electron chi connectivity index (χ2n) is 5.15. The molecule has 0 unspecified atom stereocenters. The molecule has 0 bridgehead atoms. The maximum absolute atomic E-state index is 12.3. The highest BCUT2D eigenvalue weighted by atomic mass is 79.9. The molecule has 1 heterocycles. The van der Waals surface area contributed by atoms with Crippen LogP contribution in [0.3, 0.4) is 0 Å². The quantitative estimate of drug-likeness (QED) is 0.883. The highest BCUT2D eigenvalue weighted by Crippen LogP contribution is 2.30. The summed E-state index contributed by atoms with van der Waals surface area (Å²) < 4.78 is 1.05. The Balaban J connectivity index is 1.87. The number of carbonyl (C=O) groups excluding carboxylic acids is 1. The predicted molar refractivity (Wildman–Crippen MR) is 85.9 cm³/mol. The van der Waals surface area contributed by atoms with Crippen molar-refractivity contribution >= 4 is 38.3 Å². The molecule has 0 saturated carbocycles. The van der Waals surface area contributed by atoms with Gasteiger partial charge in [-0.3, -0.25) is 4.79 Å². The van der Waals surface area contributed by atoms with Gasteiger partial charge in [-0.2, -0.15) is 0 Å². The van der Waals surface area contributed by atoms with Gasteiger partial charge in [0.05, 0.1) is 0 Å². The predicted octanol–water partition coefficient (Wildman–Crippen LogP) is 3.54. The van der Waals surface area contributed by atoms with E-state index in [0.717, 1.165) is 46.9 Å². The molecule has 0 radical (unpaired) electrons. The monoisotopic (exact) mass is 332 g/mol. The first-order chi connectivity index (χ1) is 9.75. The number of nitrogens with one attached hydrogen (secondary N) is 2. The van der Waals surface area contributed by atoms with Gasteiger partial charge in [-0.05, 0) is 43.5 Å². The Kier molecular flexibility index (Phi) is 4.03. The fourth-order valence-electron chi connectivity index (χ4n) is 2.69. The Morgan fingerprint density at radius 3 is 2.55 bits per heavy atom. The number of amides is 1. The van der Waals surface area contributed by atoms with E-state index >= 15 is 0 Å². The summed E-state index contributed by atoms with van der Waals surface area (Å²) in [5.74, 6) is 0.262. The largest absolute Gasteiger partial charge is 0.325 e. The van der Waals surface area contributed by atoms with E-state index < -0.39 is 0 Å². The molecule has 2 aromatic rings. The van der Waals surface area contributed by atoms with Gasteiger partial charge in [0.15, 0.2) is 0 Å². The highest BCUT2D eigenvalue weighted by Gasteiger charge is 2.21. The number of hydrogen-bond acceptors (Lipinski definition) is 2. The number of carbonyl (C=O) groups is 1. The minimum absolute atomic E-state index is 0.124. The third-order valence-corrected chi connectivity index (χ3v) is 4.53. The molecule has 0 atom stereocenters. The molecule has 0 aromatic heterocycles. The smallest absolute Gasteiger partial charge is 0.227 e. The standard InChI is InChI=1S/C16H17BrN2O/c17-14-5-6-15(13-4-2-1-3-12(13)14)19-16(20)11-7-9-18-10-8-11/h1-6,11,18H,7-10H2,(H,19,20). The molecule has 1 saturated heterocycles. The van der Waals surface area contributed by atoms with Crippen LogP contribution < -0.4 is 10.6 Å². The first-order valence-electron chi connectivity index (χ1n) is 6.94. The molecular formula is C16H17BrN2O. The van der Waals surface area contributed by atoms with E-state index in [0.29, 0.717) is 0 Å². The topological polar surface area (TPSA) is 41.1 Å². The second-order valence-corrected chi connectivity index (χ2v) is 6.01. The second kappa shape index (κ2) is 5.94. The molecule has 2 aromatic carbocycles. The van der Waals surface area contributed by atoms with Gasteiger partial charge in [-0.15, -0.1) is 0 Å². The van der Waals surface area contributed by atoms with E-state index in [1.54, 1.807) is 0 Å². The minimum Gasteiger partial charge on any atom is -0.325 e. The number of piperidine rings is 1. The fourth-order valence-corrected chi connectivity index (χ4v) is 3.17. The van der Waals surface area contributed by atoms with Crippen molar-refractivity contribution < 1.29 is 4.79 Å².